The fourth-order valence-electron chi connectivity index (χ4n) is 4.71. The minimum absolute atomic E-state index is 0.0988. The number of hydrogen-bond donors (Lipinski definition) is 0. The third-order valence-corrected chi connectivity index (χ3v) is 6.82. The van der Waals surface area contributed by atoms with E-state index in [0.29, 0.717) is 5.69 Å². The summed E-state index contributed by atoms with van der Waals surface area (Å²) in [7, 11) is 1.50. The van der Waals surface area contributed by atoms with E-state index in [2.05, 4.69) is 38.4 Å². The molecule has 3 aromatic rings. The van der Waals surface area contributed by atoms with Gasteiger partial charge in [-0.15, -0.1) is 0 Å². The third kappa shape index (κ3) is 5.15. The molecular formula is C27H30N4O2. The second-order valence-corrected chi connectivity index (χ2v) is 8.94. The lowest BCUT2D eigenvalue weighted by atomic mass is 9.73. The van der Waals surface area contributed by atoms with E-state index < -0.39 is 5.41 Å². The molecule has 0 N–H and O–H groups in total. The fraction of sp³-hybridized carbons (Fsp3) is 0.370. The molecule has 2 heterocycles. The van der Waals surface area contributed by atoms with Crippen LogP contribution in [0.15, 0.2) is 61.1 Å². The summed E-state index contributed by atoms with van der Waals surface area (Å²) in [6.45, 7) is 12.4. The summed E-state index contributed by atoms with van der Waals surface area (Å²) in [5.74, 6) is -0.0988. The topological polar surface area (TPSA) is 51.7 Å². The molecule has 0 saturated carbocycles. The molecule has 0 bridgehead atoms. The maximum absolute atomic E-state index is 12.9. The SMILES string of the molecule is [C-]#[N+]c1ccc(Cn2cncc2CN2CCC(Cc3ccccc3C)(C(=O)OC)CC2)cc1. The first-order chi connectivity index (χ1) is 16.0. The number of aryl methyl sites for hydroxylation is 1. The van der Waals surface area contributed by atoms with E-state index in [-0.39, 0.29) is 5.97 Å². The van der Waals surface area contributed by atoms with Gasteiger partial charge in [0.05, 0.1) is 31.1 Å². The van der Waals surface area contributed by atoms with Gasteiger partial charge in [0.15, 0.2) is 5.69 Å². The van der Waals surface area contributed by atoms with Gasteiger partial charge in [0, 0.05) is 19.3 Å². The molecule has 1 fully saturated rings. The number of benzene rings is 2. The minimum atomic E-state index is -0.470. The molecule has 1 aromatic heterocycles. The Hall–Kier alpha value is -3.43. The Kier molecular flexibility index (Phi) is 6.90. The van der Waals surface area contributed by atoms with Gasteiger partial charge in [0.2, 0.25) is 0 Å². The van der Waals surface area contributed by atoms with E-state index in [4.69, 9.17) is 11.3 Å². The van der Waals surface area contributed by atoms with Crippen LogP contribution in [0.3, 0.4) is 0 Å². The average molecular weight is 443 g/mol. The van der Waals surface area contributed by atoms with Gasteiger partial charge in [0.1, 0.15) is 0 Å². The lowest BCUT2D eigenvalue weighted by Crippen LogP contribution is -2.46. The van der Waals surface area contributed by atoms with Crippen LogP contribution in [0.25, 0.3) is 4.85 Å². The molecule has 6 heteroatoms. The second kappa shape index (κ2) is 10.0. The van der Waals surface area contributed by atoms with Crippen molar-refractivity contribution in [3.8, 4) is 0 Å². The zero-order chi connectivity index (χ0) is 23.3. The van der Waals surface area contributed by atoms with Crippen LogP contribution in [0.4, 0.5) is 5.69 Å². The first-order valence-electron chi connectivity index (χ1n) is 11.3. The van der Waals surface area contributed by atoms with E-state index in [1.165, 1.54) is 18.2 Å². The van der Waals surface area contributed by atoms with Crippen LogP contribution in [-0.4, -0.2) is 40.6 Å². The predicted molar refractivity (Wildman–Crippen MR) is 128 cm³/mol. The Labute approximate surface area is 195 Å². The summed E-state index contributed by atoms with van der Waals surface area (Å²) in [6, 6.07) is 16.0. The van der Waals surface area contributed by atoms with Gasteiger partial charge in [-0.05, 0) is 56.0 Å². The van der Waals surface area contributed by atoms with Gasteiger partial charge in [-0.25, -0.2) is 9.83 Å². The number of rotatable bonds is 7. The normalized spacial score (nSPS) is 15.7. The zero-order valence-corrected chi connectivity index (χ0v) is 19.3. The first kappa shape index (κ1) is 22.8. The summed E-state index contributed by atoms with van der Waals surface area (Å²) in [6.07, 6.45) is 6.06. The Balaban J connectivity index is 1.42. The highest BCUT2D eigenvalue weighted by molar-refractivity contribution is 5.77. The monoisotopic (exact) mass is 442 g/mol. The number of carbonyl (C=O) groups is 1. The van der Waals surface area contributed by atoms with Gasteiger partial charge in [-0.3, -0.25) is 9.69 Å². The number of ether oxygens (including phenoxy) is 1. The van der Waals surface area contributed by atoms with Crippen molar-refractivity contribution in [3.05, 3.63) is 94.9 Å². The standard InChI is InChI=1S/C27H30N4O2/c1-21-6-4-5-7-23(21)16-27(26(32)33-3)12-14-30(15-13-27)19-25-17-29-20-31(25)18-22-8-10-24(28-2)11-9-22/h4-11,17,20H,12-16,18-19H2,1,3H3. The Morgan fingerprint density at radius 1 is 1.12 bits per heavy atom. The summed E-state index contributed by atoms with van der Waals surface area (Å²) in [5.41, 5.74) is 4.91. The number of aromatic nitrogens is 2. The van der Waals surface area contributed by atoms with Crippen LogP contribution in [0.2, 0.25) is 0 Å². The van der Waals surface area contributed by atoms with Crippen molar-refractivity contribution in [3.63, 3.8) is 0 Å². The minimum Gasteiger partial charge on any atom is -0.469 e. The van der Waals surface area contributed by atoms with Crippen LogP contribution in [-0.2, 0) is 29.0 Å². The van der Waals surface area contributed by atoms with Crippen LogP contribution in [0.1, 0.15) is 35.2 Å². The van der Waals surface area contributed by atoms with Gasteiger partial charge in [-0.2, -0.15) is 0 Å². The molecular weight excluding hydrogens is 412 g/mol. The van der Waals surface area contributed by atoms with E-state index >= 15 is 0 Å². The second-order valence-electron chi connectivity index (χ2n) is 8.94. The summed E-state index contributed by atoms with van der Waals surface area (Å²) < 4.78 is 7.41. The van der Waals surface area contributed by atoms with Crippen molar-refractivity contribution in [2.45, 2.75) is 39.3 Å². The number of methoxy groups -OCH3 is 1. The number of imidazole rings is 1. The Bertz CT molecular complexity index is 1140. The first-order valence-corrected chi connectivity index (χ1v) is 11.3. The molecule has 0 aliphatic carbocycles. The quantitative estimate of drug-likeness (QED) is 0.390. The lowest BCUT2D eigenvalue weighted by Gasteiger charge is -2.40. The van der Waals surface area contributed by atoms with Crippen LogP contribution in [0, 0.1) is 18.9 Å². The molecule has 0 amide bonds. The number of carbonyl (C=O) groups excluding carboxylic acids is 1. The van der Waals surface area contributed by atoms with Crippen LogP contribution >= 0.6 is 0 Å². The third-order valence-electron chi connectivity index (χ3n) is 6.82. The van der Waals surface area contributed by atoms with Gasteiger partial charge in [-0.1, -0.05) is 48.5 Å². The molecule has 1 saturated heterocycles. The van der Waals surface area contributed by atoms with E-state index in [1.54, 1.807) is 0 Å². The highest BCUT2D eigenvalue weighted by atomic mass is 16.5. The molecule has 0 unspecified atom stereocenters. The zero-order valence-electron chi connectivity index (χ0n) is 19.3. The number of esters is 1. The summed E-state index contributed by atoms with van der Waals surface area (Å²) in [4.78, 5) is 23.1. The number of hydrogen-bond acceptors (Lipinski definition) is 4. The highest BCUT2D eigenvalue weighted by Gasteiger charge is 2.42. The molecule has 0 atom stereocenters. The Morgan fingerprint density at radius 2 is 1.85 bits per heavy atom. The van der Waals surface area contributed by atoms with Crippen LogP contribution in [0.5, 0.6) is 0 Å². The van der Waals surface area contributed by atoms with Crippen molar-refractivity contribution >= 4 is 11.7 Å². The van der Waals surface area contributed by atoms with Crippen molar-refractivity contribution in [1.29, 1.82) is 0 Å². The number of likely N-dealkylation sites (tertiary alicyclic amines) is 1. The Morgan fingerprint density at radius 3 is 2.52 bits per heavy atom. The molecule has 4 rings (SSSR count). The molecule has 6 nitrogen and oxygen atoms in total. The van der Waals surface area contributed by atoms with Crippen LogP contribution < -0.4 is 0 Å². The smallest absolute Gasteiger partial charge is 0.312 e. The average Bonchev–Trinajstić information content (AvgIpc) is 3.28. The maximum Gasteiger partial charge on any atom is 0.312 e. The van der Waals surface area contributed by atoms with Crippen molar-refractivity contribution < 1.29 is 9.53 Å². The van der Waals surface area contributed by atoms with Crippen molar-refractivity contribution in [2.24, 2.45) is 5.41 Å². The maximum atomic E-state index is 12.9. The lowest BCUT2D eigenvalue weighted by molar-refractivity contribution is -0.156. The van der Waals surface area contributed by atoms with Gasteiger partial charge < -0.3 is 9.30 Å². The van der Waals surface area contributed by atoms with Gasteiger partial charge in [0.25, 0.3) is 0 Å². The molecule has 1 aliphatic rings. The van der Waals surface area contributed by atoms with Gasteiger partial charge >= 0.3 is 5.97 Å². The molecule has 0 radical (unpaired) electrons. The molecule has 170 valence electrons. The number of nitrogens with zero attached hydrogens (tertiary/aromatic N) is 4. The van der Waals surface area contributed by atoms with Crippen molar-refractivity contribution in [2.75, 3.05) is 20.2 Å². The van der Waals surface area contributed by atoms with Crippen molar-refractivity contribution in [1.82, 2.24) is 14.5 Å². The highest BCUT2D eigenvalue weighted by Crippen LogP contribution is 2.37. The number of piperidine rings is 1. The molecule has 33 heavy (non-hydrogen) atoms. The summed E-state index contributed by atoms with van der Waals surface area (Å²) >= 11 is 0. The van der Waals surface area contributed by atoms with E-state index in [9.17, 15) is 4.79 Å². The predicted octanol–water partition coefficient (Wildman–Crippen LogP) is 4.79. The largest absolute Gasteiger partial charge is 0.469 e. The molecule has 2 aromatic carbocycles. The van der Waals surface area contributed by atoms with E-state index in [0.717, 1.165) is 56.7 Å². The molecule has 0 spiro atoms. The van der Waals surface area contributed by atoms with E-state index in [1.807, 2.05) is 48.9 Å². The summed E-state index contributed by atoms with van der Waals surface area (Å²) in [5, 5.41) is 0. The molecule has 1 aliphatic heterocycles. The fourth-order valence-corrected chi connectivity index (χ4v) is 4.71.